The van der Waals surface area contributed by atoms with E-state index >= 15 is 0 Å². The van der Waals surface area contributed by atoms with Gasteiger partial charge >= 0.3 is 0 Å². The Kier molecular flexibility index (Phi) is 4.48. The van der Waals surface area contributed by atoms with Gasteiger partial charge in [0.1, 0.15) is 6.10 Å². The monoisotopic (exact) mass is 287 g/mol. The van der Waals surface area contributed by atoms with Crippen LogP contribution in [0, 0.1) is 5.82 Å². The molecule has 21 heavy (non-hydrogen) atoms. The molecule has 1 saturated heterocycles. The summed E-state index contributed by atoms with van der Waals surface area (Å²) in [5, 5.41) is 3.29. The summed E-state index contributed by atoms with van der Waals surface area (Å²) in [5.41, 5.74) is 0.981. The second-order valence-corrected chi connectivity index (χ2v) is 4.99. The molecule has 0 radical (unpaired) electrons. The minimum atomic E-state index is -0.359. The lowest BCUT2D eigenvalue weighted by Gasteiger charge is -2.31. The van der Waals surface area contributed by atoms with Crippen molar-refractivity contribution in [3.63, 3.8) is 0 Å². The van der Waals surface area contributed by atoms with Crippen LogP contribution in [0.5, 0.6) is 5.75 Å². The van der Waals surface area contributed by atoms with Crippen molar-refractivity contribution < 1.29 is 13.9 Å². The maximum absolute atomic E-state index is 13.9. The SMILES string of the molecule is Fc1ccccc1OC(c1ccccc1)[C@@H]1CNCCO1. The zero-order chi connectivity index (χ0) is 14.5. The largest absolute Gasteiger partial charge is 0.480 e. The zero-order valence-corrected chi connectivity index (χ0v) is 11.7. The van der Waals surface area contributed by atoms with Crippen molar-refractivity contribution in [3.8, 4) is 5.75 Å². The topological polar surface area (TPSA) is 30.5 Å². The van der Waals surface area contributed by atoms with Crippen molar-refractivity contribution in [2.75, 3.05) is 19.7 Å². The molecule has 0 saturated carbocycles. The van der Waals surface area contributed by atoms with Gasteiger partial charge in [0.25, 0.3) is 0 Å². The first kappa shape index (κ1) is 14.0. The Hall–Kier alpha value is -1.91. The fourth-order valence-electron chi connectivity index (χ4n) is 2.46. The molecule has 2 atom stereocenters. The molecule has 0 bridgehead atoms. The standard InChI is InChI=1S/C17H18FNO2/c18-14-8-4-5-9-15(14)21-17(13-6-2-1-3-7-13)16-12-19-10-11-20-16/h1-9,16-17,19H,10-12H2/t16-,17?/m0/s1. The van der Waals surface area contributed by atoms with E-state index in [0.29, 0.717) is 13.2 Å². The van der Waals surface area contributed by atoms with Crippen LogP contribution < -0.4 is 10.1 Å². The average molecular weight is 287 g/mol. The summed E-state index contributed by atoms with van der Waals surface area (Å²) in [7, 11) is 0. The molecule has 110 valence electrons. The van der Waals surface area contributed by atoms with E-state index < -0.39 is 0 Å². The van der Waals surface area contributed by atoms with Gasteiger partial charge in [0, 0.05) is 13.1 Å². The molecule has 1 fully saturated rings. The second kappa shape index (κ2) is 6.70. The fourth-order valence-corrected chi connectivity index (χ4v) is 2.46. The lowest BCUT2D eigenvalue weighted by atomic mass is 10.0. The molecular weight excluding hydrogens is 269 g/mol. The highest BCUT2D eigenvalue weighted by Gasteiger charge is 2.28. The Morgan fingerprint density at radius 2 is 1.86 bits per heavy atom. The van der Waals surface area contributed by atoms with E-state index in [9.17, 15) is 4.39 Å². The normalized spacial score (nSPS) is 20.0. The van der Waals surface area contributed by atoms with Crippen LogP contribution in [-0.2, 0) is 4.74 Å². The second-order valence-electron chi connectivity index (χ2n) is 4.99. The summed E-state index contributed by atoms with van der Waals surface area (Å²) in [6.45, 7) is 2.15. The molecule has 1 heterocycles. The van der Waals surface area contributed by atoms with Gasteiger partial charge in [-0.25, -0.2) is 4.39 Å². The lowest BCUT2D eigenvalue weighted by molar-refractivity contribution is -0.0442. The van der Waals surface area contributed by atoms with Gasteiger partial charge in [-0.1, -0.05) is 42.5 Å². The highest BCUT2D eigenvalue weighted by molar-refractivity contribution is 5.27. The number of para-hydroxylation sites is 1. The van der Waals surface area contributed by atoms with Crippen LogP contribution in [0.1, 0.15) is 11.7 Å². The van der Waals surface area contributed by atoms with E-state index in [1.807, 2.05) is 30.3 Å². The van der Waals surface area contributed by atoms with Crippen molar-refractivity contribution in [1.82, 2.24) is 5.32 Å². The Labute approximate surface area is 123 Å². The van der Waals surface area contributed by atoms with E-state index in [1.165, 1.54) is 6.07 Å². The Balaban J connectivity index is 1.87. The summed E-state index contributed by atoms with van der Waals surface area (Å²) >= 11 is 0. The number of hydrogen-bond acceptors (Lipinski definition) is 3. The van der Waals surface area contributed by atoms with Gasteiger partial charge in [-0.2, -0.15) is 0 Å². The minimum absolute atomic E-state index is 0.138. The number of ether oxygens (including phenoxy) is 2. The Morgan fingerprint density at radius 3 is 2.57 bits per heavy atom. The van der Waals surface area contributed by atoms with Gasteiger partial charge in [0.2, 0.25) is 0 Å². The molecule has 2 aromatic carbocycles. The number of benzene rings is 2. The Morgan fingerprint density at radius 1 is 1.10 bits per heavy atom. The third kappa shape index (κ3) is 3.40. The molecule has 0 aromatic heterocycles. The number of hydrogen-bond donors (Lipinski definition) is 1. The van der Waals surface area contributed by atoms with Crippen molar-refractivity contribution >= 4 is 0 Å². The third-order valence-corrected chi connectivity index (χ3v) is 3.51. The maximum atomic E-state index is 13.9. The van der Waals surface area contributed by atoms with Crippen molar-refractivity contribution in [2.45, 2.75) is 12.2 Å². The first-order valence-electron chi connectivity index (χ1n) is 7.13. The van der Waals surface area contributed by atoms with Gasteiger partial charge in [0.05, 0.1) is 6.61 Å². The zero-order valence-electron chi connectivity index (χ0n) is 11.7. The number of morpholine rings is 1. The molecule has 2 aromatic rings. The molecule has 0 spiro atoms. The number of halogens is 1. The van der Waals surface area contributed by atoms with Crippen LogP contribution in [0.15, 0.2) is 54.6 Å². The summed E-state index contributed by atoms with van der Waals surface area (Å²) in [4.78, 5) is 0. The summed E-state index contributed by atoms with van der Waals surface area (Å²) in [6, 6.07) is 16.3. The molecule has 4 heteroatoms. The van der Waals surface area contributed by atoms with Gasteiger partial charge in [0.15, 0.2) is 17.7 Å². The molecule has 1 unspecified atom stereocenters. The van der Waals surface area contributed by atoms with Gasteiger partial charge in [-0.15, -0.1) is 0 Å². The van der Waals surface area contributed by atoms with E-state index in [2.05, 4.69) is 5.32 Å². The minimum Gasteiger partial charge on any atom is -0.480 e. The smallest absolute Gasteiger partial charge is 0.165 e. The Bertz CT molecular complexity index is 570. The lowest BCUT2D eigenvalue weighted by Crippen LogP contribution is -2.43. The van der Waals surface area contributed by atoms with Gasteiger partial charge in [-0.3, -0.25) is 0 Å². The highest BCUT2D eigenvalue weighted by atomic mass is 19.1. The average Bonchev–Trinajstić information content (AvgIpc) is 2.56. The van der Waals surface area contributed by atoms with Gasteiger partial charge < -0.3 is 14.8 Å². The van der Waals surface area contributed by atoms with Crippen LogP contribution in [0.2, 0.25) is 0 Å². The molecule has 1 N–H and O–H groups in total. The highest BCUT2D eigenvalue weighted by Crippen LogP contribution is 2.28. The summed E-state index contributed by atoms with van der Waals surface area (Å²) in [6.07, 6.45) is -0.475. The van der Waals surface area contributed by atoms with Crippen LogP contribution in [0.4, 0.5) is 4.39 Å². The molecular formula is C17H18FNO2. The van der Waals surface area contributed by atoms with Crippen molar-refractivity contribution in [3.05, 3.63) is 66.0 Å². The number of rotatable bonds is 4. The quantitative estimate of drug-likeness (QED) is 0.938. The third-order valence-electron chi connectivity index (χ3n) is 3.51. The first-order chi connectivity index (χ1) is 10.3. The first-order valence-corrected chi connectivity index (χ1v) is 7.13. The van der Waals surface area contributed by atoms with Crippen LogP contribution in [0.25, 0.3) is 0 Å². The predicted molar refractivity (Wildman–Crippen MR) is 78.8 cm³/mol. The predicted octanol–water partition coefficient (Wildman–Crippen LogP) is 2.93. The van der Waals surface area contributed by atoms with Crippen LogP contribution in [0.3, 0.4) is 0 Å². The van der Waals surface area contributed by atoms with E-state index in [4.69, 9.17) is 9.47 Å². The van der Waals surface area contributed by atoms with Crippen molar-refractivity contribution in [1.29, 1.82) is 0 Å². The number of nitrogens with one attached hydrogen (secondary N) is 1. The van der Waals surface area contributed by atoms with Crippen LogP contribution >= 0.6 is 0 Å². The summed E-state index contributed by atoms with van der Waals surface area (Å²) in [5.74, 6) is -0.109. The fraction of sp³-hybridized carbons (Fsp3) is 0.294. The molecule has 3 rings (SSSR count). The molecule has 0 amide bonds. The maximum Gasteiger partial charge on any atom is 0.165 e. The molecule has 0 aliphatic carbocycles. The van der Waals surface area contributed by atoms with Crippen molar-refractivity contribution in [2.24, 2.45) is 0 Å². The summed E-state index contributed by atoms with van der Waals surface area (Å²) < 4.78 is 25.6. The van der Waals surface area contributed by atoms with Gasteiger partial charge in [-0.05, 0) is 17.7 Å². The van der Waals surface area contributed by atoms with E-state index in [1.54, 1.807) is 18.2 Å². The van der Waals surface area contributed by atoms with E-state index in [0.717, 1.165) is 12.1 Å². The van der Waals surface area contributed by atoms with Crippen LogP contribution in [-0.4, -0.2) is 25.8 Å². The molecule has 1 aliphatic rings. The van der Waals surface area contributed by atoms with E-state index in [-0.39, 0.29) is 23.8 Å². The molecule has 1 aliphatic heterocycles. The molecule has 3 nitrogen and oxygen atoms in total.